The molecular formula is C14H16BrN3O6. The van der Waals surface area contributed by atoms with E-state index in [1.165, 1.54) is 6.07 Å². The van der Waals surface area contributed by atoms with Crippen molar-refractivity contribution in [1.82, 2.24) is 5.43 Å². The standard InChI is InChI=1S/C14H16BrN3O6/c15-10-6-9(14(22)11(7-10)18(23)24)8-16-17-12(19)4-2-1-3-5-13(20)21/h6-8,22H,1-5H2,(H,17,19)(H,20,21)/b16-8+. The highest BCUT2D eigenvalue weighted by Crippen LogP contribution is 2.32. The number of halogens is 1. The van der Waals surface area contributed by atoms with Crippen LogP contribution >= 0.6 is 15.9 Å². The zero-order valence-corrected chi connectivity index (χ0v) is 14.2. The fraction of sp³-hybridized carbons (Fsp3) is 0.357. The van der Waals surface area contributed by atoms with Gasteiger partial charge in [-0.15, -0.1) is 0 Å². The van der Waals surface area contributed by atoms with E-state index in [1.54, 1.807) is 0 Å². The number of phenols is 1. The Morgan fingerprint density at radius 2 is 1.96 bits per heavy atom. The van der Waals surface area contributed by atoms with Gasteiger partial charge in [0.25, 0.3) is 0 Å². The molecule has 0 aliphatic heterocycles. The van der Waals surface area contributed by atoms with Crippen molar-refractivity contribution in [2.45, 2.75) is 32.1 Å². The van der Waals surface area contributed by atoms with Crippen molar-refractivity contribution in [2.75, 3.05) is 0 Å². The topological polar surface area (TPSA) is 142 Å². The molecule has 0 aliphatic rings. The van der Waals surface area contributed by atoms with E-state index in [1.807, 2.05) is 0 Å². The fourth-order valence-corrected chi connectivity index (χ4v) is 2.27. The molecule has 0 unspecified atom stereocenters. The molecule has 3 N–H and O–H groups in total. The van der Waals surface area contributed by atoms with Crippen LogP contribution in [-0.4, -0.2) is 33.2 Å². The first-order chi connectivity index (χ1) is 11.3. The van der Waals surface area contributed by atoms with Gasteiger partial charge in [0.2, 0.25) is 11.7 Å². The van der Waals surface area contributed by atoms with E-state index in [2.05, 4.69) is 26.5 Å². The monoisotopic (exact) mass is 401 g/mol. The first-order valence-electron chi connectivity index (χ1n) is 7.02. The van der Waals surface area contributed by atoms with Crippen molar-refractivity contribution < 1.29 is 24.7 Å². The van der Waals surface area contributed by atoms with Gasteiger partial charge in [-0.25, -0.2) is 5.43 Å². The third kappa shape index (κ3) is 6.73. The van der Waals surface area contributed by atoms with Crippen molar-refractivity contribution in [2.24, 2.45) is 5.10 Å². The van der Waals surface area contributed by atoms with E-state index in [-0.39, 0.29) is 24.3 Å². The summed E-state index contributed by atoms with van der Waals surface area (Å²) in [7, 11) is 0. The second-order valence-electron chi connectivity index (χ2n) is 4.87. The lowest BCUT2D eigenvalue weighted by molar-refractivity contribution is -0.385. The highest BCUT2D eigenvalue weighted by atomic mass is 79.9. The predicted molar refractivity (Wildman–Crippen MR) is 88.9 cm³/mol. The van der Waals surface area contributed by atoms with Gasteiger partial charge >= 0.3 is 11.7 Å². The number of nitrogens with one attached hydrogen (secondary N) is 1. The Morgan fingerprint density at radius 3 is 2.58 bits per heavy atom. The molecule has 0 spiro atoms. The number of hydrogen-bond acceptors (Lipinski definition) is 6. The normalized spacial score (nSPS) is 10.7. The van der Waals surface area contributed by atoms with Crippen molar-refractivity contribution >= 4 is 39.7 Å². The summed E-state index contributed by atoms with van der Waals surface area (Å²) >= 11 is 3.09. The van der Waals surface area contributed by atoms with Crippen LogP contribution in [0, 0.1) is 10.1 Å². The van der Waals surface area contributed by atoms with Gasteiger partial charge < -0.3 is 10.2 Å². The van der Waals surface area contributed by atoms with Crippen molar-refractivity contribution in [1.29, 1.82) is 0 Å². The van der Waals surface area contributed by atoms with Gasteiger partial charge in [0.15, 0.2) is 0 Å². The van der Waals surface area contributed by atoms with Crippen LogP contribution in [0.15, 0.2) is 21.7 Å². The third-order valence-corrected chi connectivity index (χ3v) is 3.43. The number of aliphatic carboxylic acids is 1. The quantitative estimate of drug-likeness (QED) is 0.251. The number of nitro groups is 1. The number of nitro benzene ring substituents is 1. The molecule has 1 rings (SSSR count). The van der Waals surface area contributed by atoms with Crippen molar-refractivity contribution in [3.63, 3.8) is 0 Å². The molecule has 0 bridgehead atoms. The van der Waals surface area contributed by atoms with Gasteiger partial charge in [0, 0.05) is 28.9 Å². The molecule has 0 radical (unpaired) electrons. The van der Waals surface area contributed by atoms with E-state index in [9.17, 15) is 24.8 Å². The van der Waals surface area contributed by atoms with Gasteiger partial charge in [-0.05, 0) is 18.9 Å². The van der Waals surface area contributed by atoms with Gasteiger partial charge in [0.1, 0.15) is 0 Å². The summed E-state index contributed by atoms with van der Waals surface area (Å²) in [6.45, 7) is 0. The SMILES string of the molecule is O=C(O)CCCCCC(=O)N/N=C/c1cc(Br)cc([N+](=O)[O-])c1O. The molecular weight excluding hydrogens is 386 g/mol. The van der Waals surface area contributed by atoms with E-state index >= 15 is 0 Å². The molecule has 1 aromatic carbocycles. The molecule has 0 aromatic heterocycles. The maximum Gasteiger partial charge on any atom is 0.312 e. The number of phenolic OH excluding ortho intramolecular Hbond substituents is 1. The number of hydrogen-bond donors (Lipinski definition) is 3. The molecule has 1 aromatic rings. The average molecular weight is 402 g/mol. The van der Waals surface area contributed by atoms with Gasteiger partial charge in [-0.3, -0.25) is 19.7 Å². The van der Waals surface area contributed by atoms with E-state index in [0.29, 0.717) is 23.7 Å². The fourth-order valence-electron chi connectivity index (χ4n) is 1.81. The second-order valence-corrected chi connectivity index (χ2v) is 5.78. The van der Waals surface area contributed by atoms with Gasteiger partial charge in [-0.1, -0.05) is 22.4 Å². The number of rotatable bonds is 9. The molecule has 0 atom stereocenters. The number of carboxylic acid groups (broad SMARTS) is 1. The zero-order valence-electron chi connectivity index (χ0n) is 12.6. The number of carbonyl (C=O) groups excluding carboxylic acids is 1. The molecule has 0 saturated heterocycles. The Hall–Kier alpha value is -2.49. The van der Waals surface area contributed by atoms with Gasteiger partial charge in [0.05, 0.1) is 11.1 Å². The first-order valence-corrected chi connectivity index (χ1v) is 7.81. The van der Waals surface area contributed by atoms with Crippen LogP contribution in [0.4, 0.5) is 5.69 Å². The summed E-state index contributed by atoms with van der Waals surface area (Å²) in [5, 5.41) is 32.7. The predicted octanol–water partition coefficient (Wildman–Crippen LogP) is 2.55. The summed E-state index contributed by atoms with van der Waals surface area (Å²) in [6.07, 6.45) is 3.00. The van der Waals surface area contributed by atoms with Crippen molar-refractivity contribution in [3.05, 3.63) is 32.3 Å². The maximum atomic E-state index is 11.5. The smallest absolute Gasteiger partial charge is 0.312 e. The number of carbonyl (C=O) groups is 2. The lowest BCUT2D eigenvalue weighted by atomic mass is 10.1. The Balaban J connectivity index is 2.51. The maximum absolute atomic E-state index is 11.5. The summed E-state index contributed by atoms with van der Waals surface area (Å²) < 4.78 is 0.387. The minimum Gasteiger partial charge on any atom is -0.502 e. The highest BCUT2D eigenvalue weighted by Gasteiger charge is 2.17. The lowest BCUT2D eigenvalue weighted by Gasteiger charge is -2.02. The van der Waals surface area contributed by atoms with E-state index in [4.69, 9.17) is 5.11 Å². The first kappa shape index (κ1) is 19.6. The number of benzene rings is 1. The lowest BCUT2D eigenvalue weighted by Crippen LogP contribution is -2.17. The number of unbranched alkanes of at least 4 members (excludes halogenated alkanes) is 2. The molecule has 130 valence electrons. The Bertz CT molecular complexity index is 662. The molecule has 9 nitrogen and oxygen atoms in total. The number of hydrazone groups is 1. The Kier molecular flexibility index (Phi) is 7.83. The van der Waals surface area contributed by atoms with Crippen LogP contribution in [0.25, 0.3) is 0 Å². The summed E-state index contributed by atoms with van der Waals surface area (Å²) in [4.78, 5) is 31.9. The summed E-state index contributed by atoms with van der Waals surface area (Å²) in [6, 6.07) is 2.58. The summed E-state index contributed by atoms with van der Waals surface area (Å²) in [5.41, 5.74) is 1.85. The minimum atomic E-state index is -0.869. The third-order valence-electron chi connectivity index (χ3n) is 2.97. The number of carboxylic acids is 1. The van der Waals surface area contributed by atoms with Crippen molar-refractivity contribution in [3.8, 4) is 5.75 Å². The molecule has 1 amide bonds. The molecule has 10 heteroatoms. The van der Waals surface area contributed by atoms with E-state index < -0.39 is 22.3 Å². The Labute approximate surface area is 145 Å². The Morgan fingerprint density at radius 1 is 1.29 bits per heavy atom. The average Bonchev–Trinajstić information content (AvgIpc) is 2.49. The van der Waals surface area contributed by atoms with Gasteiger partial charge in [-0.2, -0.15) is 5.10 Å². The number of amides is 1. The summed E-state index contributed by atoms with van der Waals surface area (Å²) in [5.74, 6) is -1.78. The van der Waals surface area contributed by atoms with Crippen LogP contribution in [-0.2, 0) is 9.59 Å². The van der Waals surface area contributed by atoms with Crippen LogP contribution in [0.3, 0.4) is 0 Å². The second kappa shape index (κ2) is 9.60. The number of nitrogens with zero attached hydrogens (tertiary/aromatic N) is 2. The molecule has 0 saturated carbocycles. The highest BCUT2D eigenvalue weighted by molar-refractivity contribution is 9.10. The van der Waals surface area contributed by atoms with Crippen LogP contribution in [0.5, 0.6) is 5.75 Å². The van der Waals surface area contributed by atoms with Crippen LogP contribution in [0.2, 0.25) is 0 Å². The minimum absolute atomic E-state index is 0.0702. The molecule has 0 heterocycles. The van der Waals surface area contributed by atoms with E-state index in [0.717, 1.165) is 12.3 Å². The largest absolute Gasteiger partial charge is 0.502 e. The number of aromatic hydroxyl groups is 1. The molecule has 24 heavy (non-hydrogen) atoms. The zero-order chi connectivity index (χ0) is 18.1. The molecule has 0 aliphatic carbocycles. The molecule has 0 fully saturated rings. The van der Waals surface area contributed by atoms with Crippen LogP contribution in [0.1, 0.15) is 37.7 Å². The van der Waals surface area contributed by atoms with Crippen LogP contribution < -0.4 is 5.43 Å².